The van der Waals surface area contributed by atoms with Crippen LogP contribution < -0.4 is 5.32 Å². The number of rotatable bonds is 6. The second kappa shape index (κ2) is 8.02. The summed E-state index contributed by atoms with van der Waals surface area (Å²) in [6.45, 7) is 2.02. The molecule has 0 saturated heterocycles. The zero-order valence-electron chi connectivity index (χ0n) is 12.7. The van der Waals surface area contributed by atoms with Crippen LogP contribution in [0.4, 0.5) is 10.7 Å². The standard InChI is InChI=1S/C16H14N2O5S/c1-2-23-16(20)11-3-5-12(6-4-11)17-14(19)9-7-13-8-10-15(24-13)18(21)22/h3-10H,2H2,1H3,(H,17,19)/b9-7+. The highest BCUT2D eigenvalue weighted by atomic mass is 32.1. The summed E-state index contributed by atoms with van der Waals surface area (Å²) in [4.78, 5) is 34.1. The van der Waals surface area contributed by atoms with Crippen LogP contribution in [-0.4, -0.2) is 23.4 Å². The fraction of sp³-hybridized carbons (Fsp3) is 0.125. The van der Waals surface area contributed by atoms with Crippen molar-refractivity contribution < 1.29 is 19.2 Å². The lowest BCUT2D eigenvalue weighted by atomic mass is 10.2. The highest BCUT2D eigenvalue weighted by Gasteiger charge is 2.08. The molecule has 24 heavy (non-hydrogen) atoms. The molecule has 1 aromatic carbocycles. The van der Waals surface area contributed by atoms with Crippen LogP contribution in [0.3, 0.4) is 0 Å². The Kier molecular flexibility index (Phi) is 5.80. The van der Waals surface area contributed by atoms with Gasteiger partial charge in [-0.25, -0.2) is 4.79 Å². The van der Waals surface area contributed by atoms with E-state index in [-0.39, 0.29) is 10.9 Å². The molecule has 1 amide bonds. The predicted molar refractivity (Wildman–Crippen MR) is 91.0 cm³/mol. The number of amides is 1. The third kappa shape index (κ3) is 4.75. The predicted octanol–water partition coefficient (Wildman–Crippen LogP) is 3.48. The average Bonchev–Trinajstić information content (AvgIpc) is 3.03. The van der Waals surface area contributed by atoms with Gasteiger partial charge in [0.05, 0.1) is 17.1 Å². The van der Waals surface area contributed by atoms with Crippen molar-refractivity contribution in [2.24, 2.45) is 0 Å². The van der Waals surface area contributed by atoms with Gasteiger partial charge in [-0.3, -0.25) is 14.9 Å². The third-order valence-electron chi connectivity index (χ3n) is 2.86. The highest BCUT2D eigenvalue weighted by Crippen LogP contribution is 2.24. The second-order valence-corrected chi connectivity index (χ2v) is 5.65. The molecule has 1 aromatic heterocycles. The lowest BCUT2D eigenvalue weighted by Gasteiger charge is -2.04. The number of carbonyl (C=O) groups excluding carboxylic acids is 2. The van der Waals surface area contributed by atoms with E-state index in [2.05, 4.69) is 5.32 Å². The van der Waals surface area contributed by atoms with Crippen molar-refractivity contribution in [2.45, 2.75) is 6.92 Å². The van der Waals surface area contributed by atoms with E-state index in [1.54, 1.807) is 37.3 Å². The molecule has 7 nitrogen and oxygen atoms in total. The molecular weight excluding hydrogens is 332 g/mol. The molecule has 2 aromatic rings. The van der Waals surface area contributed by atoms with Crippen LogP contribution in [0.25, 0.3) is 6.08 Å². The van der Waals surface area contributed by atoms with E-state index in [1.165, 1.54) is 18.2 Å². The van der Waals surface area contributed by atoms with Crippen LogP contribution in [0.15, 0.2) is 42.5 Å². The van der Waals surface area contributed by atoms with Crippen LogP contribution >= 0.6 is 11.3 Å². The summed E-state index contributed by atoms with van der Waals surface area (Å²) >= 11 is 0.982. The van der Waals surface area contributed by atoms with Crippen molar-refractivity contribution in [3.8, 4) is 0 Å². The number of nitro groups is 1. The van der Waals surface area contributed by atoms with Crippen LogP contribution in [0.5, 0.6) is 0 Å². The summed E-state index contributed by atoms with van der Waals surface area (Å²) in [6, 6.07) is 9.25. The number of nitrogens with one attached hydrogen (secondary N) is 1. The van der Waals surface area contributed by atoms with Gasteiger partial charge in [0.2, 0.25) is 5.91 Å². The van der Waals surface area contributed by atoms with Crippen molar-refractivity contribution in [2.75, 3.05) is 11.9 Å². The fourth-order valence-electron chi connectivity index (χ4n) is 1.78. The van der Waals surface area contributed by atoms with Gasteiger partial charge >= 0.3 is 11.0 Å². The maximum Gasteiger partial charge on any atom is 0.338 e. The van der Waals surface area contributed by atoms with Gasteiger partial charge in [0.15, 0.2) is 0 Å². The molecule has 1 heterocycles. The molecule has 2 rings (SSSR count). The molecular formula is C16H14N2O5S. The number of thiophene rings is 1. The van der Waals surface area contributed by atoms with Gasteiger partial charge in [-0.1, -0.05) is 11.3 Å². The zero-order chi connectivity index (χ0) is 17.5. The SMILES string of the molecule is CCOC(=O)c1ccc(NC(=O)/C=C/c2ccc([N+](=O)[O-])s2)cc1. The minimum atomic E-state index is -0.479. The van der Waals surface area contributed by atoms with Gasteiger partial charge in [0.1, 0.15) is 0 Å². The number of carbonyl (C=O) groups is 2. The molecule has 0 bridgehead atoms. The van der Waals surface area contributed by atoms with E-state index in [0.717, 1.165) is 11.3 Å². The summed E-state index contributed by atoms with van der Waals surface area (Å²) in [5, 5.41) is 13.2. The van der Waals surface area contributed by atoms with E-state index < -0.39 is 10.9 Å². The largest absolute Gasteiger partial charge is 0.462 e. The summed E-state index contributed by atoms with van der Waals surface area (Å²) in [7, 11) is 0. The maximum absolute atomic E-state index is 11.8. The van der Waals surface area contributed by atoms with Gasteiger partial charge in [-0.2, -0.15) is 0 Å². The van der Waals surface area contributed by atoms with Gasteiger partial charge < -0.3 is 10.1 Å². The quantitative estimate of drug-likeness (QED) is 0.374. The normalized spacial score (nSPS) is 10.5. The van der Waals surface area contributed by atoms with E-state index in [0.29, 0.717) is 22.7 Å². The van der Waals surface area contributed by atoms with Gasteiger partial charge in [0.25, 0.3) is 0 Å². The minimum absolute atomic E-state index is 0.0182. The van der Waals surface area contributed by atoms with Crippen LogP contribution in [-0.2, 0) is 9.53 Å². The Morgan fingerprint density at radius 2 is 1.96 bits per heavy atom. The molecule has 0 spiro atoms. The number of hydrogen-bond acceptors (Lipinski definition) is 6. The lowest BCUT2D eigenvalue weighted by Crippen LogP contribution is -2.08. The molecule has 124 valence electrons. The number of benzene rings is 1. The molecule has 0 saturated carbocycles. The first-order chi connectivity index (χ1) is 11.5. The average molecular weight is 346 g/mol. The van der Waals surface area contributed by atoms with Crippen LogP contribution in [0.2, 0.25) is 0 Å². The molecule has 0 unspecified atom stereocenters. The number of ether oxygens (including phenoxy) is 1. The first-order valence-corrected chi connectivity index (χ1v) is 7.81. The smallest absolute Gasteiger partial charge is 0.338 e. The van der Waals surface area contributed by atoms with Crippen molar-refractivity contribution in [3.63, 3.8) is 0 Å². The number of esters is 1. The van der Waals surface area contributed by atoms with Gasteiger partial charge in [-0.05, 0) is 43.3 Å². The second-order valence-electron chi connectivity index (χ2n) is 4.55. The summed E-state index contributed by atoms with van der Waals surface area (Å²) < 4.78 is 4.87. The topological polar surface area (TPSA) is 98.5 Å². The zero-order valence-corrected chi connectivity index (χ0v) is 13.5. The maximum atomic E-state index is 11.8. The van der Waals surface area contributed by atoms with Gasteiger partial charge in [-0.15, -0.1) is 0 Å². The molecule has 0 aliphatic heterocycles. The van der Waals surface area contributed by atoms with Crippen molar-refractivity contribution >= 4 is 40.0 Å². The Hall–Kier alpha value is -3.00. The Morgan fingerprint density at radius 1 is 1.25 bits per heavy atom. The fourth-order valence-corrected chi connectivity index (χ4v) is 2.50. The van der Waals surface area contributed by atoms with Crippen LogP contribution in [0, 0.1) is 10.1 Å². The van der Waals surface area contributed by atoms with Crippen molar-refractivity contribution in [1.82, 2.24) is 0 Å². The summed E-state index contributed by atoms with van der Waals surface area (Å²) in [6.07, 6.45) is 2.79. The van der Waals surface area contributed by atoms with E-state index in [4.69, 9.17) is 4.74 Å². The molecule has 0 atom stereocenters. The van der Waals surface area contributed by atoms with Crippen molar-refractivity contribution in [1.29, 1.82) is 0 Å². The molecule has 0 aliphatic carbocycles. The molecule has 0 radical (unpaired) electrons. The van der Waals surface area contributed by atoms with Gasteiger partial charge in [0, 0.05) is 22.7 Å². The van der Waals surface area contributed by atoms with Crippen molar-refractivity contribution in [3.05, 3.63) is 63.0 Å². The van der Waals surface area contributed by atoms with E-state index >= 15 is 0 Å². The first-order valence-electron chi connectivity index (χ1n) is 7.00. The lowest BCUT2D eigenvalue weighted by molar-refractivity contribution is -0.380. The van der Waals surface area contributed by atoms with E-state index in [1.807, 2.05) is 0 Å². The number of hydrogen-bond donors (Lipinski definition) is 1. The molecule has 1 N–H and O–H groups in total. The van der Waals surface area contributed by atoms with Crippen LogP contribution in [0.1, 0.15) is 22.2 Å². The summed E-state index contributed by atoms with van der Waals surface area (Å²) in [5.74, 6) is -0.801. The Morgan fingerprint density at radius 3 is 2.54 bits per heavy atom. The minimum Gasteiger partial charge on any atom is -0.462 e. The molecule has 8 heteroatoms. The Bertz CT molecular complexity index is 780. The monoisotopic (exact) mass is 346 g/mol. The molecule has 0 aliphatic rings. The molecule has 0 fully saturated rings. The summed E-state index contributed by atoms with van der Waals surface area (Å²) in [5.41, 5.74) is 0.922. The first kappa shape index (κ1) is 17.4. The van der Waals surface area contributed by atoms with E-state index in [9.17, 15) is 19.7 Å². The Labute approximate surface area is 141 Å². The Balaban J connectivity index is 1.95. The number of nitrogens with zero attached hydrogens (tertiary/aromatic N) is 1. The number of anilines is 1. The third-order valence-corrected chi connectivity index (χ3v) is 3.86. The highest BCUT2D eigenvalue weighted by molar-refractivity contribution is 7.16.